The van der Waals surface area contributed by atoms with E-state index in [-0.39, 0.29) is 23.9 Å². The lowest BCUT2D eigenvalue weighted by Crippen LogP contribution is -2.53. The van der Waals surface area contributed by atoms with E-state index in [1.807, 2.05) is 11.8 Å². The fourth-order valence-corrected chi connectivity index (χ4v) is 4.73. The van der Waals surface area contributed by atoms with Gasteiger partial charge in [0.25, 0.3) is 5.91 Å². The third-order valence-corrected chi connectivity index (χ3v) is 6.30. The van der Waals surface area contributed by atoms with Gasteiger partial charge in [-0.05, 0) is 49.9 Å². The molecule has 0 saturated carbocycles. The Morgan fingerprint density at radius 1 is 1.32 bits per heavy atom. The van der Waals surface area contributed by atoms with Crippen LogP contribution in [0.15, 0.2) is 24.3 Å². The molecule has 0 bridgehead atoms. The SMILES string of the molecule is CC(N)C1CCCN(C(=O)C2CSCN2C(=O)c2ccc(Cl)cc2)C1. The molecule has 2 aliphatic heterocycles. The predicted molar refractivity (Wildman–Crippen MR) is 102 cm³/mol. The Balaban J connectivity index is 1.71. The molecule has 25 heavy (non-hydrogen) atoms. The summed E-state index contributed by atoms with van der Waals surface area (Å²) in [6, 6.07) is 6.52. The molecule has 2 N–H and O–H groups in total. The number of piperidine rings is 1. The highest BCUT2D eigenvalue weighted by molar-refractivity contribution is 7.99. The van der Waals surface area contributed by atoms with Crippen molar-refractivity contribution in [3.8, 4) is 0 Å². The van der Waals surface area contributed by atoms with Crippen molar-refractivity contribution in [3.63, 3.8) is 0 Å². The summed E-state index contributed by atoms with van der Waals surface area (Å²) >= 11 is 7.52. The Morgan fingerprint density at radius 3 is 2.72 bits per heavy atom. The van der Waals surface area contributed by atoms with E-state index >= 15 is 0 Å². The number of hydrogen-bond donors (Lipinski definition) is 1. The first kappa shape index (κ1) is 18.5. The summed E-state index contributed by atoms with van der Waals surface area (Å²) in [5.74, 6) is 1.48. The molecule has 136 valence electrons. The molecule has 0 radical (unpaired) electrons. The molecule has 0 aliphatic carbocycles. The molecule has 2 heterocycles. The second kappa shape index (κ2) is 7.98. The maximum atomic E-state index is 13.0. The molecule has 2 saturated heterocycles. The number of rotatable bonds is 3. The van der Waals surface area contributed by atoms with Crippen molar-refractivity contribution in [2.45, 2.75) is 31.8 Å². The van der Waals surface area contributed by atoms with Crippen LogP contribution in [0.1, 0.15) is 30.1 Å². The number of nitrogens with zero attached hydrogens (tertiary/aromatic N) is 2. The van der Waals surface area contributed by atoms with Crippen LogP contribution >= 0.6 is 23.4 Å². The maximum Gasteiger partial charge on any atom is 0.255 e. The molecule has 3 unspecified atom stereocenters. The van der Waals surface area contributed by atoms with Gasteiger partial charge in [-0.15, -0.1) is 11.8 Å². The first-order chi connectivity index (χ1) is 12.0. The molecule has 0 spiro atoms. The molecule has 2 fully saturated rings. The fourth-order valence-electron chi connectivity index (χ4n) is 3.46. The standard InChI is InChI=1S/C18H24ClN3O2S/c1-12(20)14-3-2-8-21(9-14)18(24)16-10-25-11-22(16)17(23)13-4-6-15(19)7-5-13/h4-7,12,14,16H,2-3,8-11,20H2,1H3. The van der Waals surface area contributed by atoms with Crippen LogP contribution in [0.5, 0.6) is 0 Å². The number of halogens is 1. The summed E-state index contributed by atoms with van der Waals surface area (Å²) in [5, 5.41) is 0.593. The number of carbonyl (C=O) groups is 2. The van der Waals surface area contributed by atoms with Crippen molar-refractivity contribution < 1.29 is 9.59 Å². The average molecular weight is 382 g/mol. The largest absolute Gasteiger partial charge is 0.341 e. The van der Waals surface area contributed by atoms with Crippen molar-refractivity contribution in [2.75, 3.05) is 24.7 Å². The number of amides is 2. The third kappa shape index (κ3) is 4.13. The molecule has 0 aromatic heterocycles. The molecule has 2 aliphatic rings. The lowest BCUT2D eigenvalue weighted by molar-refractivity contribution is -0.136. The van der Waals surface area contributed by atoms with Gasteiger partial charge in [0.1, 0.15) is 6.04 Å². The van der Waals surface area contributed by atoms with Crippen LogP contribution in [0.4, 0.5) is 0 Å². The summed E-state index contributed by atoms with van der Waals surface area (Å²) in [6.45, 7) is 3.45. The highest BCUT2D eigenvalue weighted by Crippen LogP contribution is 2.27. The van der Waals surface area contributed by atoms with Crippen LogP contribution in [0, 0.1) is 5.92 Å². The van der Waals surface area contributed by atoms with Gasteiger partial charge < -0.3 is 15.5 Å². The van der Waals surface area contributed by atoms with Crippen molar-refractivity contribution >= 4 is 35.2 Å². The minimum Gasteiger partial charge on any atom is -0.341 e. The Labute approximate surface area is 157 Å². The number of carbonyl (C=O) groups excluding carboxylic acids is 2. The molecule has 1 aromatic rings. The summed E-state index contributed by atoms with van der Waals surface area (Å²) in [7, 11) is 0. The van der Waals surface area contributed by atoms with Gasteiger partial charge in [0.15, 0.2) is 0 Å². The number of thioether (sulfide) groups is 1. The smallest absolute Gasteiger partial charge is 0.255 e. The van der Waals surface area contributed by atoms with E-state index in [1.54, 1.807) is 40.9 Å². The minimum atomic E-state index is -0.389. The van der Waals surface area contributed by atoms with Gasteiger partial charge >= 0.3 is 0 Å². The number of benzene rings is 1. The zero-order chi connectivity index (χ0) is 18.0. The maximum absolute atomic E-state index is 13.0. The van der Waals surface area contributed by atoms with Crippen LogP contribution in [0.3, 0.4) is 0 Å². The third-order valence-electron chi connectivity index (χ3n) is 5.03. The number of nitrogens with two attached hydrogens (primary N) is 1. The van der Waals surface area contributed by atoms with E-state index in [1.165, 1.54) is 0 Å². The Hall–Kier alpha value is -1.24. The first-order valence-electron chi connectivity index (χ1n) is 8.66. The summed E-state index contributed by atoms with van der Waals surface area (Å²) in [5.41, 5.74) is 6.60. The monoisotopic (exact) mass is 381 g/mol. The fraction of sp³-hybridized carbons (Fsp3) is 0.556. The van der Waals surface area contributed by atoms with Crippen molar-refractivity contribution in [1.82, 2.24) is 9.80 Å². The van der Waals surface area contributed by atoms with E-state index in [2.05, 4.69) is 0 Å². The zero-order valence-corrected chi connectivity index (χ0v) is 15.9. The normalized spacial score (nSPS) is 25.1. The van der Waals surface area contributed by atoms with Crippen LogP contribution in [0.2, 0.25) is 5.02 Å². The zero-order valence-electron chi connectivity index (χ0n) is 14.4. The minimum absolute atomic E-state index is 0.0534. The molecule has 3 atom stereocenters. The van der Waals surface area contributed by atoms with Gasteiger partial charge in [0, 0.05) is 35.5 Å². The van der Waals surface area contributed by atoms with Crippen molar-refractivity contribution in [1.29, 1.82) is 0 Å². The molecule has 3 rings (SSSR count). The van der Waals surface area contributed by atoms with Crippen LogP contribution < -0.4 is 5.73 Å². The lowest BCUT2D eigenvalue weighted by Gasteiger charge is -2.37. The molecule has 1 aromatic carbocycles. The average Bonchev–Trinajstić information content (AvgIpc) is 3.11. The first-order valence-corrected chi connectivity index (χ1v) is 10.2. The summed E-state index contributed by atoms with van der Waals surface area (Å²) in [6.07, 6.45) is 2.04. The van der Waals surface area contributed by atoms with E-state index in [0.29, 0.717) is 34.7 Å². The van der Waals surface area contributed by atoms with Crippen LogP contribution in [-0.4, -0.2) is 58.4 Å². The molecular weight excluding hydrogens is 358 g/mol. The van der Waals surface area contributed by atoms with Gasteiger partial charge in [-0.2, -0.15) is 0 Å². The van der Waals surface area contributed by atoms with Crippen LogP contribution in [-0.2, 0) is 4.79 Å². The molecular formula is C18H24ClN3O2S. The van der Waals surface area contributed by atoms with Gasteiger partial charge in [0.2, 0.25) is 5.91 Å². The second-order valence-electron chi connectivity index (χ2n) is 6.84. The highest BCUT2D eigenvalue weighted by Gasteiger charge is 2.38. The van der Waals surface area contributed by atoms with Gasteiger partial charge in [0.05, 0.1) is 5.88 Å². The van der Waals surface area contributed by atoms with E-state index in [9.17, 15) is 9.59 Å². The Kier molecular flexibility index (Phi) is 5.92. The summed E-state index contributed by atoms with van der Waals surface area (Å²) in [4.78, 5) is 29.4. The van der Waals surface area contributed by atoms with Gasteiger partial charge in [-0.3, -0.25) is 9.59 Å². The molecule has 2 amide bonds. The summed E-state index contributed by atoms with van der Waals surface area (Å²) < 4.78 is 0. The number of likely N-dealkylation sites (tertiary alicyclic amines) is 1. The van der Waals surface area contributed by atoms with E-state index in [4.69, 9.17) is 17.3 Å². The second-order valence-corrected chi connectivity index (χ2v) is 8.28. The predicted octanol–water partition coefficient (Wildman–Crippen LogP) is 2.44. The molecule has 5 nitrogen and oxygen atoms in total. The lowest BCUT2D eigenvalue weighted by atomic mass is 9.92. The van der Waals surface area contributed by atoms with Gasteiger partial charge in [-0.25, -0.2) is 0 Å². The topological polar surface area (TPSA) is 66.6 Å². The highest BCUT2D eigenvalue weighted by atomic mass is 35.5. The van der Waals surface area contributed by atoms with Crippen molar-refractivity contribution in [2.24, 2.45) is 11.7 Å². The Morgan fingerprint density at radius 2 is 2.04 bits per heavy atom. The van der Waals surface area contributed by atoms with Gasteiger partial charge in [-0.1, -0.05) is 11.6 Å². The molecule has 7 heteroatoms. The quantitative estimate of drug-likeness (QED) is 0.873. The van der Waals surface area contributed by atoms with E-state index in [0.717, 1.165) is 19.4 Å². The van der Waals surface area contributed by atoms with Crippen LogP contribution in [0.25, 0.3) is 0 Å². The number of hydrogen-bond acceptors (Lipinski definition) is 4. The Bertz CT molecular complexity index is 638. The van der Waals surface area contributed by atoms with E-state index < -0.39 is 0 Å². The van der Waals surface area contributed by atoms with Crippen molar-refractivity contribution in [3.05, 3.63) is 34.9 Å².